The number of furan rings is 2. The second-order valence-electron chi connectivity index (χ2n) is 8.15. The third kappa shape index (κ3) is 3.13. The monoisotopic (exact) mass is 378 g/mol. The first-order valence-corrected chi connectivity index (χ1v) is 10.5. The number of hydrazone groups is 1. The average molecular weight is 378 g/mol. The molecule has 2 saturated carbocycles. The van der Waals surface area contributed by atoms with Gasteiger partial charge in [-0.05, 0) is 68.0 Å². The van der Waals surface area contributed by atoms with Crippen LogP contribution in [0.15, 0.2) is 56.3 Å². The maximum atomic E-state index is 13.4. The van der Waals surface area contributed by atoms with E-state index in [9.17, 15) is 4.79 Å². The second-order valence-corrected chi connectivity index (χ2v) is 8.15. The van der Waals surface area contributed by atoms with Crippen molar-refractivity contribution >= 4 is 17.7 Å². The van der Waals surface area contributed by atoms with Gasteiger partial charge in [0.2, 0.25) is 5.91 Å². The molecule has 5 nitrogen and oxygen atoms in total. The second kappa shape index (κ2) is 7.46. The highest BCUT2D eigenvalue weighted by Gasteiger charge is 2.46. The molecule has 1 amide bonds. The lowest BCUT2D eigenvalue weighted by Gasteiger charge is -2.30. The van der Waals surface area contributed by atoms with E-state index in [1.807, 2.05) is 24.3 Å². The fourth-order valence-electron chi connectivity index (χ4n) is 5.00. The lowest BCUT2D eigenvalue weighted by Crippen LogP contribution is -2.36. The van der Waals surface area contributed by atoms with Gasteiger partial charge in [0.05, 0.1) is 18.2 Å². The van der Waals surface area contributed by atoms with Crippen molar-refractivity contribution in [3.8, 4) is 0 Å². The van der Waals surface area contributed by atoms with Crippen LogP contribution in [0.25, 0.3) is 6.08 Å². The van der Waals surface area contributed by atoms with Gasteiger partial charge in [-0.15, -0.1) is 0 Å². The van der Waals surface area contributed by atoms with E-state index in [0.717, 1.165) is 62.2 Å². The maximum absolute atomic E-state index is 13.4. The van der Waals surface area contributed by atoms with Gasteiger partial charge in [-0.25, -0.2) is 5.01 Å². The summed E-state index contributed by atoms with van der Waals surface area (Å²) in [6, 6.07) is 7.61. The molecule has 2 aromatic rings. The largest absolute Gasteiger partial charge is 0.467 e. The molecule has 28 heavy (non-hydrogen) atoms. The fraction of sp³-hybridized carbons (Fsp3) is 0.478. The van der Waals surface area contributed by atoms with Crippen molar-refractivity contribution in [2.75, 3.05) is 0 Å². The molecule has 0 spiro atoms. The van der Waals surface area contributed by atoms with Crippen molar-refractivity contribution in [1.29, 1.82) is 0 Å². The first-order valence-electron chi connectivity index (χ1n) is 10.5. The third-order valence-corrected chi connectivity index (χ3v) is 6.38. The molecule has 5 rings (SSSR count). The smallest absolute Gasteiger partial charge is 0.246 e. The zero-order valence-corrected chi connectivity index (χ0v) is 16.0. The van der Waals surface area contributed by atoms with Gasteiger partial charge in [0, 0.05) is 11.8 Å². The number of hydrogen-bond donors (Lipinski definition) is 0. The average Bonchev–Trinajstić information content (AvgIpc) is 3.48. The maximum Gasteiger partial charge on any atom is 0.246 e. The number of allylic oxidation sites excluding steroid dienone is 1. The SMILES string of the molecule is O=C(C1CCCCC1)N1N=C2/C(=C\c3ccco3)CCC[C@H]2[C@H]1c1ccco1. The first kappa shape index (κ1) is 17.5. The highest BCUT2D eigenvalue weighted by Crippen LogP contribution is 2.45. The van der Waals surface area contributed by atoms with E-state index in [1.54, 1.807) is 17.5 Å². The van der Waals surface area contributed by atoms with Crippen LogP contribution in [0.5, 0.6) is 0 Å². The Kier molecular flexibility index (Phi) is 4.67. The number of rotatable bonds is 3. The molecule has 2 aliphatic carbocycles. The molecule has 2 fully saturated rings. The molecule has 1 aliphatic heterocycles. The standard InChI is InChI=1S/C23H26N2O3/c26-23(16-7-2-1-3-8-16)25-22(20-12-6-14-28-20)19-11-4-9-17(21(19)24-25)15-18-10-5-13-27-18/h5-6,10,12-16,19,22H,1-4,7-9,11H2/b17-15-/t19-,22+/m1/s1. The van der Waals surface area contributed by atoms with E-state index in [2.05, 4.69) is 6.08 Å². The fourth-order valence-corrected chi connectivity index (χ4v) is 5.00. The quantitative estimate of drug-likeness (QED) is 0.701. The summed E-state index contributed by atoms with van der Waals surface area (Å²) >= 11 is 0. The highest BCUT2D eigenvalue weighted by atomic mass is 16.3. The Morgan fingerprint density at radius 1 is 1.04 bits per heavy atom. The minimum Gasteiger partial charge on any atom is -0.467 e. The van der Waals surface area contributed by atoms with Gasteiger partial charge < -0.3 is 8.83 Å². The summed E-state index contributed by atoms with van der Waals surface area (Å²) in [5, 5.41) is 6.68. The number of fused-ring (bicyclic) bond motifs is 1. The molecule has 0 N–H and O–H groups in total. The molecule has 0 radical (unpaired) electrons. The van der Waals surface area contributed by atoms with Gasteiger partial charge >= 0.3 is 0 Å². The molecule has 2 aromatic heterocycles. The molecule has 0 aromatic carbocycles. The van der Waals surface area contributed by atoms with E-state index in [4.69, 9.17) is 13.9 Å². The van der Waals surface area contributed by atoms with Crippen molar-refractivity contribution in [2.24, 2.45) is 16.9 Å². The minimum atomic E-state index is -0.125. The van der Waals surface area contributed by atoms with Crippen LogP contribution in [0.2, 0.25) is 0 Å². The van der Waals surface area contributed by atoms with Gasteiger partial charge in [-0.2, -0.15) is 5.10 Å². The highest BCUT2D eigenvalue weighted by molar-refractivity contribution is 6.08. The Morgan fingerprint density at radius 2 is 1.86 bits per heavy atom. The Labute approximate surface area is 165 Å². The number of hydrogen-bond acceptors (Lipinski definition) is 4. The van der Waals surface area contributed by atoms with Gasteiger partial charge in [0.15, 0.2) is 0 Å². The Morgan fingerprint density at radius 3 is 2.61 bits per heavy atom. The normalized spacial score (nSPS) is 27.1. The van der Waals surface area contributed by atoms with Crippen LogP contribution in [0.4, 0.5) is 0 Å². The third-order valence-electron chi connectivity index (χ3n) is 6.38. The summed E-state index contributed by atoms with van der Waals surface area (Å²) < 4.78 is 11.3. The molecular formula is C23H26N2O3. The Balaban J connectivity index is 1.51. The van der Waals surface area contributed by atoms with Gasteiger partial charge in [-0.1, -0.05) is 19.3 Å². The molecule has 146 valence electrons. The van der Waals surface area contributed by atoms with Crippen molar-refractivity contribution in [3.05, 3.63) is 53.9 Å². The van der Waals surface area contributed by atoms with Gasteiger partial charge in [-0.3, -0.25) is 4.79 Å². The lowest BCUT2D eigenvalue weighted by molar-refractivity contribution is -0.139. The van der Waals surface area contributed by atoms with Crippen molar-refractivity contribution in [2.45, 2.75) is 57.4 Å². The predicted molar refractivity (Wildman–Crippen MR) is 106 cm³/mol. The number of nitrogens with zero attached hydrogens (tertiary/aromatic N) is 2. The van der Waals surface area contributed by atoms with Crippen LogP contribution in [-0.4, -0.2) is 16.6 Å². The number of amides is 1. The number of carbonyl (C=O) groups is 1. The molecule has 2 atom stereocenters. The Bertz CT molecular complexity index is 873. The van der Waals surface area contributed by atoms with E-state index in [1.165, 1.54) is 12.0 Å². The summed E-state index contributed by atoms with van der Waals surface area (Å²) in [6.07, 6.45) is 14.0. The molecule has 3 aliphatic rings. The predicted octanol–water partition coefficient (Wildman–Crippen LogP) is 5.58. The molecular weight excluding hydrogens is 352 g/mol. The summed E-state index contributed by atoms with van der Waals surface area (Å²) in [7, 11) is 0. The van der Waals surface area contributed by atoms with Crippen molar-refractivity contribution < 1.29 is 13.6 Å². The first-order chi connectivity index (χ1) is 13.8. The van der Waals surface area contributed by atoms with Crippen LogP contribution < -0.4 is 0 Å². The van der Waals surface area contributed by atoms with Crippen LogP contribution in [0.1, 0.15) is 68.9 Å². The summed E-state index contributed by atoms with van der Waals surface area (Å²) in [6.45, 7) is 0. The van der Waals surface area contributed by atoms with E-state index >= 15 is 0 Å². The van der Waals surface area contributed by atoms with E-state index < -0.39 is 0 Å². The lowest BCUT2D eigenvalue weighted by atomic mass is 9.79. The molecule has 3 heterocycles. The summed E-state index contributed by atoms with van der Waals surface area (Å²) in [5.41, 5.74) is 2.22. The summed E-state index contributed by atoms with van der Waals surface area (Å²) in [4.78, 5) is 13.4. The van der Waals surface area contributed by atoms with Crippen LogP contribution in [-0.2, 0) is 4.79 Å². The van der Waals surface area contributed by atoms with Crippen LogP contribution in [0.3, 0.4) is 0 Å². The number of carbonyl (C=O) groups excluding carboxylic acids is 1. The van der Waals surface area contributed by atoms with Crippen molar-refractivity contribution in [3.63, 3.8) is 0 Å². The van der Waals surface area contributed by atoms with E-state index in [-0.39, 0.29) is 23.8 Å². The zero-order valence-electron chi connectivity index (χ0n) is 16.0. The Hall–Kier alpha value is -2.56. The zero-order chi connectivity index (χ0) is 18.9. The van der Waals surface area contributed by atoms with Gasteiger partial charge in [0.25, 0.3) is 0 Å². The minimum absolute atomic E-state index is 0.0909. The van der Waals surface area contributed by atoms with E-state index in [0.29, 0.717) is 0 Å². The van der Waals surface area contributed by atoms with Crippen molar-refractivity contribution in [1.82, 2.24) is 5.01 Å². The van der Waals surface area contributed by atoms with Crippen LogP contribution in [0, 0.1) is 11.8 Å². The molecule has 5 heteroatoms. The molecule has 0 bridgehead atoms. The topological polar surface area (TPSA) is 59.0 Å². The molecule has 0 saturated heterocycles. The molecule has 0 unspecified atom stereocenters. The van der Waals surface area contributed by atoms with Gasteiger partial charge in [0.1, 0.15) is 17.6 Å². The summed E-state index contributed by atoms with van der Waals surface area (Å²) in [5.74, 6) is 2.12. The van der Waals surface area contributed by atoms with Crippen LogP contribution >= 0.6 is 0 Å².